The van der Waals surface area contributed by atoms with E-state index in [0.29, 0.717) is 31.1 Å². The standard InChI is InChI=1S/C19H23N3O3S.ClH/c23-19-13-20-9-11-22(19)17-6-3-10-21(14-17)26(24,25)18-8-7-15-4-1-2-5-16(15)12-18;/h1-2,4-5,7-8,12,17,20H,3,6,9-11,13-14H2;1H. The van der Waals surface area contributed by atoms with Gasteiger partial charge in [-0.2, -0.15) is 4.31 Å². The molecule has 2 aliphatic heterocycles. The van der Waals surface area contributed by atoms with Crippen molar-refractivity contribution < 1.29 is 13.2 Å². The van der Waals surface area contributed by atoms with Gasteiger partial charge in [0, 0.05) is 32.2 Å². The van der Waals surface area contributed by atoms with E-state index in [1.54, 1.807) is 16.4 Å². The Morgan fingerprint density at radius 2 is 1.81 bits per heavy atom. The summed E-state index contributed by atoms with van der Waals surface area (Å²) < 4.78 is 27.8. The number of fused-ring (bicyclic) bond motifs is 1. The summed E-state index contributed by atoms with van der Waals surface area (Å²) in [5.74, 6) is 0.0613. The lowest BCUT2D eigenvalue weighted by molar-refractivity contribution is -0.135. The average Bonchev–Trinajstić information content (AvgIpc) is 2.68. The highest BCUT2D eigenvalue weighted by molar-refractivity contribution is 7.89. The number of carbonyl (C=O) groups excluding carboxylic acids is 1. The Bertz CT molecular complexity index is 935. The van der Waals surface area contributed by atoms with E-state index in [0.717, 1.165) is 30.2 Å². The Balaban J connectivity index is 0.00000210. The third-order valence-electron chi connectivity index (χ3n) is 5.28. The molecule has 2 saturated heterocycles. The highest BCUT2D eigenvalue weighted by atomic mass is 35.5. The molecule has 146 valence electrons. The summed E-state index contributed by atoms with van der Waals surface area (Å²) in [6.07, 6.45) is 1.63. The number of carbonyl (C=O) groups is 1. The molecule has 0 aliphatic carbocycles. The normalized spacial score (nSPS) is 21.9. The maximum Gasteiger partial charge on any atom is 0.243 e. The minimum atomic E-state index is -3.56. The molecule has 0 spiro atoms. The molecule has 6 nitrogen and oxygen atoms in total. The molecule has 8 heteroatoms. The van der Waals surface area contributed by atoms with Crippen LogP contribution in [0.3, 0.4) is 0 Å². The predicted octanol–water partition coefficient (Wildman–Crippen LogP) is 1.85. The Labute approximate surface area is 166 Å². The van der Waals surface area contributed by atoms with Crippen LogP contribution in [0.4, 0.5) is 0 Å². The molecule has 2 fully saturated rings. The fraction of sp³-hybridized carbons (Fsp3) is 0.421. The zero-order chi connectivity index (χ0) is 18.1. The molecule has 2 aromatic rings. The fourth-order valence-electron chi connectivity index (χ4n) is 3.88. The van der Waals surface area contributed by atoms with E-state index in [2.05, 4.69) is 5.32 Å². The first-order valence-electron chi connectivity index (χ1n) is 9.05. The molecule has 2 aliphatic rings. The lowest BCUT2D eigenvalue weighted by Crippen LogP contribution is -2.57. The highest BCUT2D eigenvalue weighted by Crippen LogP contribution is 2.26. The molecule has 0 aromatic heterocycles. The number of piperazine rings is 1. The lowest BCUT2D eigenvalue weighted by Gasteiger charge is -2.40. The first kappa shape index (κ1) is 20.1. The van der Waals surface area contributed by atoms with Crippen LogP contribution in [-0.4, -0.2) is 62.3 Å². The van der Waals surface area contributed by atoms with Gasteiger partial charge in [0.25, 0.3) is 0 Å². The van der Waals surface area contributed by atoms with Crippen molar-refractivity contribution in [2.45, 2.75) is 23.8 Å². The molecule has 0 saturated carbocycles. The SMILES string of the molecule is Cl.O=C1CNCCN1C1CCCN(S(=O)(=O)c2ccc3ccccc3c2)C1. The summed E-state index contributed by atoms with van der Waals surface area (Å²) in [6, 6.07) is 13.0. The number of rotatable bonds is 3. The lowest BCUT2D eigenvalue weighted by atomic mass is 10.1. The van der Waals surface area contributed by atoms with Crippen LogP contribution in [0, 0.1) is 0 Å². The zero-order valence-electron chi connectivity index (χ0n) is 15.0. The van der Waals surface area contributed by atoms with Crippen molar-refractivity contribution in [3.8, 4) is 0 Å². The smallest absolute Gasteiger partial charge is 0.243 e. The second kappa shape index (κ2) is 8.14. The minimum absolute atomic E-state index is 0. The molecule has 0 bridgehead atoms. The van der Waals surface area contributed by atoms with Crippen molar-refractivity contribution in [2.75, 3.05) is 32.7 Å². The summed E-state index contributed by atoms with van der Waals surface area (Å²) in [6.45, 7) is 2.63. The average molecular weight is 410 g/mol. The van der Waals surface area contributed by atoms with E-state index in [4.69, 9.17) is 0 Å². The van der Waals surface area contributed by atoms with E-state index in [1.807, 2.05) is 35.2 Å². The molecule has 1 atom stereocenters. The third-order valence-corrected chi connectivity index (χ3v) is 7.15. The van der Waals surface area contributed by atoms with Gasteiger partial charge in [-0.15, -0.1) is 12.4 Å². The summed E-state index contributed by atoms with van der Waals surface area (Å²) in [7, 11) is -3.56. The first-order chi connectivity index (χ1) is 12.6. The number of amides is 1. The van der Waals surface area contributed by atoms with Crippen molar-refractivity contribution in [3.63, 3.8) is 0 Å². The fourth-order valence-corrected chi connectivity index (χ4v) is 5.43. The van der Waals surface area contributed by atoms with Gasteiger partial charge < -0.3 is 10.2 Å². The van der Waals surface area contributed by atoms with Crippen LogP contribution >= 0.6 is 12.4 Å². The van der Waals surface area contributed by atoms with E-state index in [-0.39, 0.29) is 24.4 Å². The minimum Gasteiger partial charge on any atom is -0.336 e. The van der Waals surface area contributed by atoms with Gasteiger partial charge in [-0.05, 0) is 35.7 Å². The van der Waals surface area contributed by atoms with E-state index in [1.165, 1.54) is 0 Å². The van der Waals surface area contributed by atoms with Gasteiger partial charge in [-0.1, -0.05) is 30.3 Å². The van der Waals surface area contributed by atoms with Crippen LogP contribution in [0.25, 0.3) is 10.8 Å². The summed E-state index contributed by atoms with van der Waals surface area (Å²) in [5.41, 5.74) is 0. The number of nitrogens with one attached hydrogen (secondary N) is 1. The van der Waals surface area contributed by atoms with Gasteiger partial charge in [-0.25, -0.2) is 8.42 Å². The molecule has 27 heavy (non-hydrogen) atoms. The van der Waals surface area contributed by atoms with Crippen LogP contribution in [0.15, 0.2) is 47.4 Å². The van der Waals surface area contributed by atoms with E-state index >= 15 is 0 Å². The zero-order valence-corrected chi connectivity index (χ0v) is 16.6. The predicted molar refractivity (Wildman–Crippen MR) is 108 cm³/mol. The number of benzene rings is 2. The maximum absolute atomic E-state index is 13.2. The summed E-state index contributed by atoms with van der Waals surface area (Å²) in [5, 5.41) is 5.00. The second-order valence-corrected chi connectivity index (χ2v) is 8.87. The number of sulfonamides is 1. The van der Waals surface area contributed by atoms with Gasteiger partial charge in [0.1, 0.15) is 0 Å². The van der Waals surface area contributed by atoms with E-state index in [9.17, 15) is 13.2 Å². The van der Waals surface area contributed by atoms with Crippen molar-refractivity contribution in [3.05, 3.63) is 42.5 Å². The summed E-state index contributed by atoms with van der Waals surface area (Å²) in [4.78, 5) is 14.3. The van der Waals surface area contributed by atoms with Gasteiger partial charge >= 0.3 is 0 Å². The van der Waals surface area contributed by atoms with Gasteiger partial charge in [0.2, 0.25) is 15.9 Å². The molecular formula is C19H24ClN3O3S. The van der Waals surface area contributed by atoms with Gasteiger partial charge in [0.05, 0.1) is 11.4 Å². The quantitative estimate of drug-likeness (QED) is 0.839. The highest BCUT2D eigenvalue weighted by Gasteiger charge is 2.35. The number of piperidine rings is 1. The number of hydrogen-bond acceptors (Lipinski definition) is 4. The Morgan fingerprint density at radius 3 is 2.59 bits per heavy atom. The van der Waals surface area contributed by atoms with Crippen LogP contribution in [0.5, 0.6) is 0 Å². The van der Waals surface area contributed by atoms with Crippen LogP contribution in [0.2, 0.25) is 0 Å². The Morgan fingerprint density at radius 1 is 1.04 bits per heavy atom. The largest absolute Gasteiger partial charge is 0.336 e. The van der Waals surface area contributed by atoms with Crippen LogP contribution < -0.4 is 5.32 Å². The first-order valence-corrected chi connectivity index (χ1v) is 10.5. The topological polar surface area (TPSA) is 69.7 Å². The van der Waals surface area contributed by atoms with Gasteiger partial charge in [-0.3, -0.25) is 4.79 Å². The molecule has 1 amide bonds. The number of hydrogen-bond donors (Lipinski definition) is 1. The van der Waals surface area contributed by atoms with Crippen LogP contribution in [-0.2, 0) is 14.8 Å². The summed E-state index contributed by atoms with van der Waals surface area (Å²) >= 11 is 0. The molecular weight excluding hydrogens is 386 g/mol. The van der Waals surface area contributed by atoms with Crippen LogP contribution in [0.1, 0.15) is 12.8 Å². The van der Waals surface area contributed by atoms with Crippen molar-refractivity contribution in [1.82, 2.24) is 14.5 Å². The molecule has 2 aromatic carbocycles. The number of nitrogens with zero attached hydrogens (tertiary/aromatic N) is 2. The molecule has 4 rings (SSSR count). The Hall–Kier alpha value is -1.67. The maximum atomic E-state index is 13.2. The van der Waals surface area contributed by atoms with E-state index < -0.39 is 10.0 Å². The molecule has 1 unspecified atom stereocenters. The molecule has 0 radical (unpaired) electrons. The molecule has 2 heterocycles. The number of halogens is 1. The van der Waals surface area contributed by atoms with Crippen molar-refractivity contribution >= 4 is 39.1 Å². The molecule has 1 N–H and O–H groups in total. The van der Waals surface area contributed by atoms with Crippen molar-refractivity contribution in [1.29, 1.82) is 0 Å². The second-order valence-electron chi connectivity index (χ2n) is 6.93. The van der Waals surface area contributed by atoms with Gasteiger partial charge in [0.15, 0.2) is 0 Å². The third kappa shape index (κ3) is 3.96. The Kier molecular flexibility index (Phi) is 6.05. The monoisotopic (exact) mass is 409 g/mol. The van der Waals surface area contributed by atoms with Crippen molar-refractivity contribution in [2.24, 2.45) is 0 Å².